The van der Waals surface area contributed by atoms with Crippen molar-refractivity contribution in [1.29, 1.82) is 0 Å². The minimum absolute atomic E-state index is 0.286. The maximum Gasteiger partial charge on any atom is 0.191 e. The minimum atomic E-state index is 0.286. The Kier molecular flexibility index (Phi) is 7.02. The Morgan fingerprint density at radius 2 is 2.00 bits per heavy atom. The second-order valence-electron chi connectivity index (χ2n) is 6.91. The molecule has 2 fully saturated rings. The number of aliphatic imine (C=N–C) groups is 1. The lowest BCUT2D eigenvalue weighted by Crippen LogP contribution is -2.45. The molecular weight excluding hydrogens is 302 g/mol. The van der Waals surface area contributed by atoms with Gasteiger partial charge in [0.25, 0.3) is 0 Å². The third-order valence-electron chi connectivity index (χ3n) is 4.92. The van der Waals surface area contributed by atoms with Crippen molar-refractivity contribution in [3.05, 3.63) is 24.2 Å². The standard InChI is InChI=1S/C19H31N3O2/c1-2-7-16(8-3-1)22-19(20-12-11-17-10-6-14-23-17)21-15-18-9-4-5-13-24-18/h6,10,14,16,18H,1-5,7-9,11-13,15H2,(H2,20,21,22). The number of guanidine groups is 1. The molecule has 2 aliphatic rings. The number of furan rings is 1. The zero-order chi connectivity index (χ0) is 16.5. The third kappa shape index (κ3) is 5.86. The highest BCUT2D eigenvalue weighted by Gasteiger charge is 2.16. The SMILES string of the molecule is c1coc(CCNC(=NCC2CCCCO2)NC2CCCCC2)c1. The Morgan fingerprint density at radius 1 is 1.12 bits per heavy atom. The summed E-state index contributed by atoms with van der Waals surface area (Å²) in [7, 11) is 0. The average Bonchev–Trinajstić information content (AvgIpc) is 3.15. The molecule has 1 aliphatic heterocycles. The van der Waals surface area contributed by atoms with Crippen LogP contribution in [0.3, 0.4) is 0 Å². The topological polar surface area (TPSA) is 58.8 Å². The zero-order valence-electron chi connectivity index (χ0n) is 14.6. The van der Waals surface area contributed by atoms with Gasteiger partial charge in [0.2, 0.25) is 0 Å². The first-order valence-electron chi connectivity index (χ1n) is 9.59. The van der Waals surface area contributed by atoms with Gasteiger partial charge in [-0.05, 0) is 44.2 Å². The van der Waals surface area contributed by atoms with E-state index in [1.807, 2.05) is 12.1 Å². The van der Waals surface area contributed by atoms with Gasteiger partial charge in [0, 0.05) is 25.6 Å². The largest absolute Gasteiger partial charge is 0.469 e. The van der Waals surface area contributed by atoms with E-state index >= 15 is 0 Å². The molecule has 0 amide bonds. The molecule has 1 atom stereocenters. The van der Waals surface area contributed by atoms with E-state index in [4.69, 9.17) is 14.1 Å². The van der Waals surface area contributed by atoms with Crippen LogP contribution in [0.1, 0.15) is 57.1 Å². The summed E-state index contributed by atoms with van der Waals surface area (Å²) in [6.07, 6.45) is 13.0. The molecule has 0 spiro atoms. The molecule has 1 unspecified atom stereocenters. The lowest BCUT2D eigenvalue weighted by molar-refractivity contribution is 0.0224. The Labute approximate surface area is 145 Å². The Balaban J connectivity index is 1.49. The zero-order valence-corrected chi connectivity index (χ0v) is 14.6. The van der Waals surface area contributed by atoms with Crippen molar-refractivity contribution < 1.29 is 9.15 Å². The summed E-state index contributed by atoms with van der Waals surface area (Å²) in [5.74, 6) is 1.94. The molecule has 1 saturated carbocycles. The molecule has 1 aromatic rings. The van der Waals surface area contributed by atoms with Crippen LogP contribution in [0.5, 0.6) is 0 Å². The first kappa shape index (κ1) is 17.3. The van der Waals surface area contributed by atoms with Crippen LogP contribution in [0, 0.1) is 0 Å². The molecule has 2 N–H and O–H groups in total. The predicted octanol–water partition coefficient (Wildman–Crippen LogP) is 3.26. The van der Waals surface area contributed by atoms with Crippen LogP contribution in [0.2, 0.25) is 0 Å². The van der Waals surface area contributed by atoms with Gasteiger partial charge in [-0.2, -0.15) is 0 Å². The van der Waals surface area contributed by atoms with Crippen molar-refractivity contribution in [2.45, 2.75) is 69.9 Å². The van der Waals surface area contributed by atoms with Crippen molar-refractivity contribution in [3.63, 3.8) is 0 Å². The molecular formula is C19H31N3O2. The van der Waals surface area contributed by atoms with Crippen molar-refractivity contribution in [3.8, 4) is 0 Å². The predicted molar refractivity (Wildman–Crippen MR) is 96.3 cm³/mol. The Morgan fingerprint density at radius 3 is 2.75 bits per heavy atom. The van der Waals surface area contributed by atoms with E-state index in [9.17, 15) is 0 Å². The van der Waals surface area contributed by atoms with E-state index in [2.05, 4.69) is 10.6 Å². The fourth-order valence-electron chi connectivity index (χ4n) is 3.50. The molecule has 0 aromatic carbocycles. The molecule has 1 aromatic heterocycles. The van der Waals surface area contributed by atoms with Gasteiger partial charge in [0.1, 0.15) is 5.76 Å². The van der Waals surface area contributed by atoms with Crippen LogP contribution in [-0.2, 0) is 11.2 Å². The van der Waals surface area contributed by atoms with Gasteiger partial charge in [0.15, 0.2) is 5.96 Å². The van der Waals surface area contributed by atoms with E-state index in [0.717, 1.165) is 44.3 Å². The molecule has 3 rings (SSSR count). The smallest absolute Gasteiger partial charge is 0.191 e. The van der Waals surface area contributed by atoms with Gasteiger partial charge in [0.05, 0.1) is 18.9 Å². The molecule has 24 heavy (non-hydrogen) atoms. The fourth-order valence-corrected chi connectivity index (χ4v) is 3.50. The summed E-state index contributed by atoms with van der Waals surface area (Å²) in [5.41, 5.74) is 0. The number of ether oxygens (including phenoxy) is 1. The van der Waals surface area contributed by atoms with Crippen LogP contribution in [0.25, 0.3) is 0 Å². The molecule has 5 heteroatoms. The summed E-state index contributed by atoms with van der Waals surface area (Å²) >= 11 is 0. The summed E-state index contributed by atoms with van der Waals surface area (Å²) in [6, 6.07) is 4.51. The normalized spacial score (nSPS) is 23.2. The summed E-state index contributed by atoms with van der Waals surface area (Å²) < 4.78 is 11.2. The molecule has 0 radical (unpaired) electrons. The van der Waals surface area contributed by atoms with E-state index < -0.39 is 0 Å². The minimum Gasteiger partial charge on any atom is -0.469 e. The van der Waals surface area contributed by atoms with Gasteiger partial charge in [-0.25, -0.2) is 0 Å². The van der Waals surface area contributed by atoms with Crippen molar-refractivity contribution in [2.75, 3.05) is 19.7 Å². The third-order valence-corrected chi connectivity index (χ3v) is 4.92. The molecule has 0 bridgehead atoms. The molecule has 1 saturated heterocycles. The van der Waals surface area contributed by atoms with Crippen molar-refractivity contribution in [2.24, 2.45) is 4.99 Å². The van der Waals surface area contributed by atoms with Gasteiger partial charge in [-0.3, -0.25) is 4.99 Å². The summed E-state index contributed by atoms with van der Waals surface area (Å²) in [5, 5.41) is 7.10. The van der Waals surface area contributed by atoms with Crippen LogP contribution >= 0.6 is 0 Å². The fraction of sp³-hybridized carbons (Fsp3) is 0.737. The number of nitrogens with zero attached hydrogens (tertiary/aromatic N) is 1. The van der Waals surface area contributed by atoms with Gasteiger partial charge in [-0.15, -0.1) is 0 Å². The molecule has 134 valence electrons. The Hall–Kier alpha value is -1.49. The number of nitrogens with one attached hydrogen (secondary N) is 2. The summed E-state index contributed by atoms with van der Waals surface area (Å²) in [4.78, 5) is 4.80. The van der Waals surface area contributed by atoms with E-state index in [1.54, 1.807) is 6.26 Å². The maximum absolute atomic E-state index is 5.80. The van der Waals surface area contributed by atoms with Crippen LogP contribution in [0.4, 0.5) is 0 Å². The second-order valence-corrected chi connectivity index (χ2v) is 6.91. The Bertz CT molecular complexity index is 475. The molecule has 5 nitrogen and oxygen atoms in total. The van der Waals surface area contributed by atoms with Crippen LogP contribution in [0.15, 0.2) is 27.8 Å². The average molecular weight is 333 g/mol. The lowest BCUT2D eigenvalue weighted by Gasteiger charge is -2.26. The van der Waals surface area contributed by atoms with Crippen molar-refractivity contribution >= 4 is 5.96 Å². The maximum atomic E-state index is 5.80. The molecule has 1 aliphatic carbocycles. The number of hydrogen-bond acceptors (Lipinski definition) is 3. The van der Waals surface area contributed by atoms with Gasteiger partial charge >= 0.3 is 0 Å². The quantitative estimate of drug-likeness (QED) is 0.620. The van der Waals surface area contributed by atoms with Crippen LogP contribution in [-0.4, -0.2) is 37.8 Å². The highest BCUT2D eigenvalue weighted by atomic mass is 16.5. The second kappa shape index (κ2) is 9.72. The monoisotopic (exact) mass is 333 g/mol. The van der Waals surface area contributed by atoms with Crippen LogP contribution < -0.4 is 10.6 Å². The van der Waals surface area contributed by atoms with E-state index in [1.165, 1.54) is 44.9 Å². The lowest BCUT2D eigenvalue weighted by atomic mass is 9.96. The number of rotatable bonds is 6. The van der Waals surface area contributed by atoms with E-state index in [0.29, 0.717) is 6.04 Å². The first-order valence-corrected chi connectivity index (χ1v) is 9.59. The highest BCUT2D eigenvalue weighted by Crippen LogP contribution is 2.17. The van der Waals surface area contributed by atoms with Gasteiger partial charge in [-0.1, -0.05) is 19.3 Å². The van der Waals surface area contributed by atoms with Gasteiger partial charge < -0.3 is 19.8 Å². The summed E-state index contributed by atoms with van der Waals surface area (Å²) in [6.45, 7) is 2.47. The van der Waals surface area contributed by atoms with Crippen molar-refractivity contribution in [1.82, 2.24) is 10.6 Å². The highest BCUT2D eigenvalue weighted by molar-refractivity contribution is 5.80. The number of hydrogen-bond donors (Lipinski definition) is 2. The van der Waals surface area contributed by atoms with E-state index in [-0.39, 0.29) is 6.10 Å². The first-order chi connectivity index (χ1) is 11.9. The molecule has 2 heterocycles.